The fourth-order valence-electron chi connectivity index (χ4n) is 4.44. The molecule has 0 saturated carbocycles. The van der Waals surface area contributed by atoms with Gasteiger partial charge in [-0.15, -0.1) is 0 Å². The van der Waals surface area contributed by atoms with E-state index in [0.717, 1.165) is 23.1 Å². The normalized spacial score (nSPS) is 14.9. The number of carbonyl (C=O) groups excluding carboxylic acids is 1. The van der Waals surface area contributed by atoms with E-state index in [-0.39, 0.29) is 28.0 Å². The van der Waals surface area contributed by atoms with Gasteiger partial charge in [-0.2, -0.15) is 0 Å². The summed E-state index contributed by atoms with van der Waals surface area (Å²) in [5.41, 5.74) is 1.40. The Hall–Kier alpha value is -4.62. The van der Waals surface area contributed by atoms with Crippen molar-refractivity contribution in [2.24, 2.45) is 4.99 Å². The molecule has 11 nitrogen and oxygen atoms in total. The average Bonchev–Trinajstić information content (AvgIpc) is 3.22. The number of aromatic amines is 1. The van der Waals surface area contributed by atoms with Crippen LogP contribution in [-0.4, -0.2) is 32.0 Å². The monoisotopic (exact) mass is 589 g/mol. The number of nitrogens with one attached hydrogen (secondary N) is 1. The smallest absolute Gasteiger partial charge is 0.338 e. The van der Waals surface area contributed by atoms with Gasteiger partial charge in [0.25, 0.3) is 16.8 Å². The van der Waals surface area contributed by atoms with Crippen molar-refractivity contribution in [2.45, 2.75) is 36.9 Å². The number of hydrogen-bond acceptors (Lipinski definition) is 10. The van der Waals surface area contributed by atoms with Gasteiger partial charge in [-0.3, -0.25) is 24.3 Å². The fourth-order valence-corrected chi connectivity index (χ4v) is 6.40. The van der Waals surface area contributed by atoms with Crippen molar-refractivity contribution in [1.29, 1.82) is 0 Å². The van der Waals surface area contributed by atoms with E-state index in [4.69, 9.17) is 4.74 Å². The number of fused-ring (bicyclic) bond motifs is 1. The molecule has 0 fully saturated rings. The fraction of sp³-hybridized carbons (Fsp3) is 0.179. The maximum absolute atomic E-state index is 13.9. The van der Waals surface area contributed by atoms with Gasteiger partial charge in [0.2, 0.25) is 0 Å². The van der Waals surface area contributed by atoms with Crippen LogP contribution in [0.15, 0.2) is 90.5 Å². The maximum atomic E-state index is 13.9. The number of esters is 1. The first-order valence-corrected chi connectivity index (χ1v) is 14.1. The molecule has 1 aliphatic rings. The van der Waals surface area contributed by atoms with Gasteiger partial charge in [0.1, 0.15) is 0 Å². The van der Waals surface area contributed by atoms with Gasteiger partial charge in [-0.05, 0) is 44.0 Å². The number of allylic oxidation sites excluding steroid dienone is 1. The minimum absolute atomic E-state index is 0.163. The standard InChI is InChI=1S/C28H23N5O6S2/c1-4-39-26(36)23-16(3)30-28-32(24(23)17-8-6-5-7-9-17)25(35)21(41-28)14-18-13-19(33(37)38)10-11-20(18)40-27-29-15(2)12-22(34)31-27/h5-14,24H,4H2,1-3H3,(H,29,31,34)/b21-14+/t24-/m1/s1. The Morgan fingerprint density at radius 2 is 1.95 bits per heavy atom. The van der Waals surface area contributed by atoms with Crippen molar-refractivity contribution >= 4 is 40.8 Å². The van der Waals surface area contributed by atoms with E-state index in [1.807, 2.05) is 30.3 Å². The van der Waals surface area contributed by atoms with E-state index in [1.54, 1.807) is 32.9 Å². The Morgan fingerprint density at radius 3 is 2.63 bits per heavy atom. The largest absolute Gasteiger partial charge is 0.463 e. The van der Waals surface area contributed by atoms with E-state index >= 15 is 0 Å². The van der Waals surface area contributed by atoms with E-state index < -0.39 is 22.5 Å². The number of benzene rings is 2. The zero-order chi connectivity index (χ0) is 29.3. The van der Waals surface area contributed by atoms with Gasteiger partial charge in [0.05, 0.1) is 33.4 Å². The number of nitrogens with zero attached hydrogens (tertiary/aromatic N) is 4. The summed E-state index contributed by atoms with van der Waals surface area (Å²) in [6.45, 7) is 5.25. The van der Waals surface area contributed by atoms with Gasteiger partial charge < -0.3 is 9.72 Å². The molecule has 1 N–H and O–H groups in total. The highest BCUT2D eigenvalue weighted by Gasteiger charge is 2.33. The lowest BCUT2D eigenvalue weighted by Crippen LogP contribution is -2.39. The van der Waals surface area contributed by atoms with Gasteiger partial charge >= 0.3 is 5.97 Å². The number of aryl methyl sites for hydroxylation is 1. The van der Waals surface area contributed by atoms with Gasteiger partial charge in [-0.1, -0.05) is 53.4 Å². The number of thiazole rings is 1. The van der Waals surface area contributed by atoms with Crippen LogP contribution in [-0.2, 0) is 9.53 Å². The predicted molar refractivity (Wildman–Crippen MR) is 154 cm³/mol. The van der Waals surface area contributed by atoms with Crippen LogP contribution in [0, 0.1) is 17.0 Å². The molecule has 0 amide bonds. The number of rotatable bonds is 7. The highest BCUT2D eigenvalue weighted by molar-refractivity contribution is 7.99. The minimum atomic E-state index is -0.769. The zero-order valence-corrected chi connectivity index (χ0v) is 23.7. The lowest BCUT2D eigenvalue weighted by molar-refractivity contribution is -0.384. The Labute approximate surface area is 240 Å². The number of non-ortho nitro benzene ring substituents is 1. The number of carbonyl (C=O) groups is 1. The van der Waals surface area contributed by atoms with Crippen LogP contribution >= 0.6 is 23.1 Å². The first kappa shape index (κ1) is 27.9. The number of ether oxygens (including phenoxy) is 1. The van der Waals surface area contributed by atoms with Crippen LogP contribution in [0.1, 0.15) is 36.7 Å². The molecule has 0 spiro atoms. The van der Waals surface area contributed by atoms with E-state index in [2.05, 4.69) is 15.0 Å². The van der Waals surface area contributed by atoms with Crippen molar-refractivity contribution < 1.29 is 14.5 Å². The second kappa shape index (κ2) is 11.5. The number of hydrogen-bond donors (Lipinski definition) is 1. The van der Waals surface area contributed by atoms with Gasteiger partial charge in [0.15, 0.2) is 9.96 Å². The first-order chi connectivity index (χ1) is 19.7. The molecule has 0 unspecified atom stereocenters. The summed E-state index contributed by atoms with van der Waals surface area (Å²) in [5.74, 6) is -0.561. The third kappa shape index (κ3) is 5.67. The molecule has 0 aliphatic carbocycles. The van der Waals surface area contributed by atoms with Crippen molar-refractivity contribution in [2.75, 3.05) is 6.61 Å². The van der Waals surface area contributed by atoms with Gasteiger partial charge in [0, 0.05) is 28.8 Å². The minimum Gasteiger partial charge on any atom is -0.463 e. The Kier molecular flexibility index (Phi) is 7.81. The molecule has 5 rings (SSSR count). The Morgan fingerprint density at radius 1 is 1.20 bits per heavy atom. The molecular formula is C28H23N5O6S2. The summed E-state index contributed by atoms with van der Waals surface area (Å²) in [4.78, 5) is 62.4. The molecule has 0 radical (unpaired) electrons. The quantitative estimate of drug-likeness (QED) is 0.149. The lowest BCUT2D eigenvalue weighted by Gasteiger charge is -2.24. The Bertz CT molecular complexity index is 1960. The molecule has 0 saturated heterocycles. The summed E-state index contributed by atoms with van der Waals surface area (Å²) in [7, 11) is 0. The molecule has 4 aromatic rings. The van der Waals surface area contributed by atoms with Crippen molar-refractivity contribution in [1.82, 2.24) is 14.5 Å². The highest BCUT2D eigenvalue weighted by Crippen LogP contribution is 2.32. The average molecular weight is 590 g/mol. The van der Waals surface area contributed by atoms with Crippen LogP contribution < -0.4 is 20.5 Å². The molecule has 41 heavy (non-hydrogen) atoms. The first-order valence-electron chi connectivity index (χ1n) is 12.4. The molecule has 208 valence electrons. The lowest BCUT2D eigenvalue weighted by atomic mass is 9.96. The second-order valence-corrected chi connectivity index (χ2v) is 11.0. The number of nitro benzene ring substituents is 1. The topological polar surface area (TPSA) is 150 Å². The van der Waals surface area contributed by atoms with Crippen molar-refractivity contribution in [3.63, 3.8) is 0 Å². The SMILES string of the molecule is CCOC(=O)C1=C(C)N=c2s/c(=C/c3cc([N+](=O)[O-])ccc3Sc3nc(C)cc(=O)[nH]3)c(=O)n2[C@@H]1c1ccccc1. The van der Waals surface area contributed by atoms with Crippen LogP contribution in [0.4, 0.5) is 5.69 Å². The molecule has 3 heterocycles. The third-order valence-electron chi connectivity index (χ3n) is 6.18. The summed E-state index contributed by atoms with van der Waals surface area (Å²) < 4.78 is 7.02. The summed E-state index contributed by atoms with van der Waals surface area (Å²) in [5, 5.41) is 11.9. The summed E-state index contributed by atoms with van der Waals surface area (Å²) in [6, 6.07) is 14.0. The second-order valence-electron chi connectivity index (χ2n) is 8.99. The van der Waals surface area contributed by atoms with Crippen LogP contribution in [0.5, 0.6) is 0 Å². The third-order valence-corrected chi connectivity index (χ3v) is 8.14. The molecular weight excluding hydrogens is 566 g/mol. The molecule has 0 bridgehead atoms. The highest BCUT2D eigenvalue weighted by atomic mass is 32.2. The van der Waals surface area contributed by atoms with Crippen molar-refractivity contribution in [3.8, 4) is 0 Å². The number of aromatic nitrogens is 3. The predicted octanol–water partition coefficient (Wildman–Crippen LogP) is 3.25. The molecule has 13 heteroatoms. The van der Waals surface area contributed by atoms with E-state index in [9.17, 15) is 24.5 Å². The summed E-state index contributed by atoms with van der Waals surface area (Å²) >= 11 is 2.22. The van der Waals surface area contributed by atoms with Crippen molar-refractivity contribution in [3.05, 3.63) is 123 Å². The Balaban J connectivity index is 1.70. The summed E-state index contributed by atoms with van der Waals surface area (Å²) in [6.07, 6.45) is 1.55. The molecule has 2 aromatic heterocycles. The zero-order valence-electron chi connectivity index (χ0n) is 22.1. The van der Waals surface area contributed by atoms with Crippen LogP contribution in [0.25, 0.3) is 6.08 Å². The number of nitro groups is 1. The van der Waals surface area contributed by atoms with E-state index in [1.165, 1.54) is 22.8 Å². The number of H-pyrrole nitrogens is 1. The van der Waals surface area contributed by atoms with Gasteiger partial charge in [-0.25, -0.2) is 14.8 Å². The van der Waals surface area contributed by atoms with Crippen LogP contribution in [0.2, 0.25) is 0 Å². The molecule has 2 aromatic carbocycles. The van der Waals surface area contributed by atoms with E-state index in [0.29, 0.717) is 37.4 Å². The molecule has 1 atom stereocenters. The molecule has 1 aliphatic heterocycles. The van der Waals surface area contributed by atoms with Crippen LogP contribution in [0.3, 0.4) is 0 Å². The maximum Gasteiger partial charge on any atom is 0.338 e.